The Labute approximate surface area is 303 Å². The lowest BCUT2D eigenvalue weighted by molar-refractivity contribution is 0.0246. The van der Waals surface area contributed by atoms with Gasteiger partial charge in [-0.05, 0) is 98.2 Å². The molecule has 52 heavy (non-hydrogen) atoms. The van der Waals surface area contributed by atoms with Gasteiger partial charge in [0, 0.05) is 42.7 Å². The van der Waals surface area contributed by atoms with Gasteiger partial charge < -0.3 is 48.5 Å². The maximum atomic E-state index is 14.1. The Morgan fingerprint density at radius 3 is 1.98 bits per heavy atom. The van der Waals surface area contributed by atoms with Crippen molar-refractivity contribution in [2.24, 2.45) is 0 Å². The van der Waals surface area contributed by atoms with Crippen LogP contribution in [0.4, 0.5) is 9.59 Å². The van der Waals surface area contributed by atoms with Crippen molar-refractivity contribution in [3.05, 3.63) is 45.7 Å². The summed E-state index contributed by atoms with van der Waals surface area (Å²) in [5, 5.41) is 6.99. The number of ether oxygens (including phenoxy) is 6. The van der Waals surface area contributed by atoms with E-state index in [1.54, 1.807) is 54.5 Å². The van der Waals surface area contributed by atoms with E-state index in [0.29, 0.717) is 115 Å². The third-order valence-corrected chi connectivity index (χ3v) is 8.46. The van der Waals surface area contributed by atoms with Gasteiger partial charge in [-0.3, -0.25) is 9.59 Å². The summed E-state index contributed by atoms with van der Waals surface area (Å²) in [5.74, 6) is 1.61. The van der Waals surface area contributed by atoms with Gasteiger partial charge >= 0.3 is 12.2 Å². The fraction of sp³-hybridized carbons (Fsp3) is 0.526. The minimum atomic E-state index is -0.646. The summed E-state index contributed by atoms with van der Waals surface area (Å²) in [4.78, 5) is 54.7. The SMILES string of the molecule is COc1cc2c3c(n(CCCNCCCN(CCCNC(=O)OC(C)(C)C)C(=O)OC(C)(C)C)c(=O)c2cc1OC)-c1cc2c(cc1C3=O)OCO2. The maximum absolute atomic E-state index is 14.1. The first-order valence-corrected chi connectivity index (χ1v) is 17.6. The van der Waals surface area contributed by atoms with Crippen LogP contribution in [0.5, 0.6) is 23.0 Å². The summed E-state index contributed by atoms with van der Waals surface area (Å²) < 4.78 is 34.7. The number of benzene rings is 2. The highest BCUT2D eigenvalue weighted by Gasteiger charge is 2.36. The molecule has 0 atom stereocenters. The van der Waals surface area contributed by atoms with Crippen LogP contribution in [0.3, 0.4) is 0 Å². The highest BCUT2D eigenvalue weighted by Crippen LogP contribution is 2.47. The Balaban J connectivity index is 1.24. The number of nitrogens with one attached hydrogen (secondary N) is 2. The van der Waals surface area contributed by atoms with E-state index in [1.165, 1.54) is 14.2 Å². The number of pyridine rings is 1. The predicted molar refractivity (Wildman–Crippen MR) is 195 cm³/mol. The molecular weight excluding hydrogens is 672 g/mol. The van der Waals surface area contributed by atoms with Gasteiger partial charge in [-0.1, -0.05) is 0 Å². The number of ketones is 1. The molecule has 2 heterocycles. The van der Waals surface area contributed by atoms with Crippen LogP contribution in [0.1, 0.15) is 76.7 Å². The summed E-state index contributed by atoms with van der Waals surface area (Å²) in [5.41, 5.74) is 0.540. The largest absolute Gasteiger partial charge is 0.493 e. The van der Waals surface area contributed by atoms with E-state index < -0.39 is 23.4 Å². The number of methoxy groups -OCH3 is 2. The molecule has 1 aromatic heterocycles. The van der Waals surface area contributed by atoms with Gasteiger partial charge in [0.25, 0.3) is 5.56 Å². The van der Waals surface area contributed by atoms with E-state index in [1.807, 2.05) is 20.8 Å². The molecule has 0 fully saturated rings. The smallest absolute Gasteiger partial charge is 0.410 e. The van der Waals surface area contributed by atoms with Crippen LogP contribution in [0.2, 0.25) is 0 Å². The number of fused-ring (bicyclic) bond motifs is 6. The van der Waals surface area contributed by atoms with Crippen molar-refractivity contribution in [1.82, 2.24) is 20.1 Å². The predicted octanol–water partition coefficient (Wildman–Crippen LogP) is 5.48. The standard InChI is InChI=1S/C38H50N4O10/c1-37(2,3)51-35(45)40-14-11-16-41(36(46)52-38(4,5)6)15-9-12-39-13-10-17-42-32-24-19-29-30(50-22-49-29)20-25(24)33(43)31(32)23-18-27(47-7)28(48-8)21-26(23)34(42)44/h18-21,39H,9-17,22H2,1-8H3,(H,40,45). The van der Waals surface area contributed by atoms with E-state index in [0.717, 1.165) is 0 Å². The molecule has 0 unspecified atom stereocenters. The van der Waals surface area contributed by atoms with Crippen molar-refractivity contribution >= 4 is 28.7 Å². The number of carbonyl (C=O) groups is 3. The lowest BCUT2D eigenvalue weighted by Crippen LogP contribution is -2.40. The minimum absolute atomic E-state index is 0.0628. The fourth-order valence-corrected chi connectivity index (χ4v) is 6.23. The minimum Gasteiger partial charge on any atom is -0.493 e. The van der Waals surface area contributed by atoms with Gasteiger partial charge in [0.1, 0.15) is 11.2 Å². The molecule has 0 spiro atoms. The van der Waals surface area contributed by atoms with Crippen LogP contribution in [0.25, 0.3) is 22.0 Å². The molecule has 2 N–H and O–H groups in total. The summed E-state index contributed by atoms with van der Waals surface area (Å²) in [6.07, 6.45) is 0.856. The van der Waals surface area contributed by atoms with E-state index >= 15 is 0 Å². The first kappa shape index (κ1) is 38.3. The summed E-state index contributed by atoms with van der Waals surface area (Å²) >= 11 is 0. The van der Waals surface area contributed by atoms with Gasteiger partial charge in [-0.25, -0.2) is 9.59 Å². The van der Waals surface area contributed by atoms with Crippen molar-refractivity contribution < 1.29 is 42.8 Å². The van der Waals surface area contributed by atoms with Crippen molar-refractivity contribution in [3.8, 4) is 34.3 Å². The van der Waals surface area contributed by atoms with Crippen molar-refractivity contribution in [3.63, 3.8) is 0 Å². The highest BCUT2D eigenvalue weighted by atomic mass is 16.7. The van der Waals surface area contributed by atoms with Crippen molar-refractivity contribution in [2.75, 3.05) is 53.7 Å². The van der Waals surface area contributed by atoms with Crippen LogP contribution in [0, 0.1) is 0 Å². The molecule has 0 bridgehead atoms. The van der Waals surface area contributed by atoms with Gasteiger partial charge in [0.15, 0.2) is 28.8 Å². The van der Waals surface area contributed by atoms with Crippen molar-refractivity contribution in [2.45, 2.75) is 78.6 Å². The number of rotatable bonds is 14. The van der Waals surface area contributed by atoms with Gasteiger partial charge in [-0.2, -0.15) is 0 Å². The Morgan fingerprint density at radius 2 is 1.37 bits per heavy atom. The average molecular weight is 723 g/mol. The molecule has 0 saturated heterocycles. The second-order valence-electron chi connectivity index (χ2n) is 14.7. The zero-order chi connectivity index (χ0) is 37.8. The second-order valence-corrected chi connectivity index (χ2v) is 14.7. The zero-order valence-corrected chi connectivity index (χ0v) is 31.4. The first-order chi connectivity index (χ1) is 24.6. The highest BCUT2D eigenvalue weighted by molar-refractivity contribution is 6.27. The molecule has 2 aromatic carbocycles. The first-order valence-electron chi connectivity index (χ1n) is 17.6. The van der Waals surface area contributed by atoms with Crippen LogP contribution < -0.4 is 35.1 Å². The van der Waals surface area contributed by atoms with Crippen LogP contribution in [0.15, 0.2) is 29.1 Å². The van der Waals surface area contributed by atoms with Gasteiger partial charge in [-0.15, -0.1) is 0 Å². The Bertz CT molecular complexity index is 1890. The van der Waals surface area contributed by atoms with E-state index in [-0.39, 0.29) is 18.1 Å². The molecule has 14 nitrogen and oxygen atoms in total. The van der Waals surface area contributed by atoms with E-state index in [9.17, 15) is 19.2 Å². The van der Waals surface area contributed by atoms with E-state index in [2.05, 4.69) is 10.6 Å². The number of aromatic nitrogens is 1. The molecule has 0 radical (unpaired) electrons. The third kappa shape index (κ3) is 8.72. The number of hydrogen-bond donors (Lipinski definition) is 2. The number of nitrogens with zero attached hydrogens (tertiary/aromatic N) is 2. The quantitative estimate of drug-likeness (QED) is 0.159. The molecule has 0 saturated carbocycles. The molecule has 1 aliphatic heterocycles. The van der Waals surface area contributed by atoms with Crippen LogP contribution in [-0.4, -0.2) is 92.4 Å². The maximum Gasteiger partial charge on any atom is 0.410 e. The molecular formula is C38H50N4O10. The Kier molecular flexibility index (Phi) is 11.6. The molecule has 282 valence electrons. The molecule has 14 heteroatoms. The topological polar surface area (TPSA) is 156 Å². The molecule has 2 aliphatic rings. The van der Waals surface area contributed by atoms with Gasteiger partial charge in [0.05, 0.1) is 30.9 Å². The van der Waals surface area contributed by atoms with Crippen LogP contribution in [-0.2, 0) is 16.0 Å². The number of carbonyl (C=O) groups excluding carboxylic acids is 3. The number of hydrogen-bond acceptors (Lipinski definition) is 11. The summed E-state index contributed by atoms with van der Waals surface area (Å²) in [6.45, 7) is 13.7. The second kappa shape index (κ2) is 15.7. The van der Waals surface area contributed by atoms with Crippen LogP contribution >= 0.6 is 0 Å². The lowest BCUT2D eigenvalue weighted by atomic mass is 10.0. The average Bonchev–Trinajstić information content (AvgIpc) is 3.64. The Hall–Kier alpha value is -4.98. The molecule has 1 aliphatic carbocycles. The summed E-state index contributed by atoms with van der Waals surface area (Å²) in [6, 6.07) is 6.76. The van der Waals surface area contributed by atoms with Crippen molar-refractivity contribution in [1.29, 1.82) is 0 Å². The number of amides is 2. The lowest BCUT2D eigenvalue weighted by Gasteiger charge is -2.27. The Morgan fingerprint density at radius 1 is 0.788 bits per heavy atom. The monoisotopic (exact) mass is 722 g/mol. The molecule has 3 aromatic rings. The fourth-order valence-electron chi connectivity index (χ4n) is 6.23. The normalized spacial score (nSPS) is 13.1. The molecule has 5 rings (SSSR count). The third-order valence-electron chi connectivity index (χ3n) is 8.46. The van der Waals surface area contributed by atoms with E-state index in [4.69, 9.17) is 28.4 Å². The number of alkyl carbamates (subject to hydrolysis) is 1. The van der Waals surface area contributed by atoms with Gasteiger partial charge in [0.2, 0.25) is 6.79 Å². The zero-order valence-electron chi connectivity index (χ0n) is 31.4. The summed E-state index contributed by atoms with van der Waals surface area (Å²) in [7, 11) is 3.01. The molecule has 2 amide bonds.